The van der Waals surface area contributed by atoms with Crippen LogP contribution in [0.2, 0.25) is 0 Å². The number of carbonyl (C=O) groups is 2. The highest BCUT2D eigenvalue weighted by molar-refractivity contribution is 5.98. The van der Waals surface area contributed by atoms with Crippen LogP contribution < -0.4 is 9.47 Å². The Morgan fingerprint density at radius 2 is 1.93 bits per heavy atom. The first-order valence-electron chi connectivity index (χ1n) is 9.47. The molecule has 0 aromatic heterocycles. The first kappa shape index (κ1) is 19.6. The van der Waals surface area contributed by atoms with Crippen molar-refractivity contribution in [3.05, 3.63) is 23.8 Å². The Hall–Kier alpha value is -2.12. The van der Waals surface area contributed by atoms with Crippen LogP contribution in [0, 0.1) is 0 Å². The number of Topliss-reactive ketones (excluding diaryl/α,β-unsaturated/α-hetero) is 1. The predicted octanol–water partition coefficient (Wildman–Crippen LogP) is 2.07. The van der Waals surface area contributed by atoms with Crippen LogP contribution in [0.4, 0.5) is 0 Å². The second-order valence-corrected chi connectivity index (χ2v) is 7.05. The fraction of sp³-hybridized carbons (Fsp3) is 0.600. The van der Waals surface area contributed by atoms with Gasteiger partial charge in [0.05, 0.1) is 13.0 Å². The summed E-state index contributed by atoms with van der Waals surface area (Å²) < 4.78 is 21.9. The summed E-state index contributed by atoms with van der Waals surface area (Å²) in [5.41, 5.74) is 0.509. The lowest BCUT2D eigenvalue weighted by atomic mass is 10.1. The van der Waals surface area contributed by atoms with Crippen LogP contribution in [-0.4, -0.2) is 68.3 Å². The van der Waals surface area contributed by atoms with Crippen LogP contribution in [0.3, 0.4) is 0 Å². The first-order chi connectivity index (χ1) is 13.0. The van der Waals surface area contributed by atoms with Crippen molar-refractivity contribution in [3.8, 4) is 11.5 Å². The van der Waals surface area contributed by atoms with Crippen molar-refractivity contribution in [2.45, 2.75) is 38.8 Å². The molecule has 1 aromatic carbocycles. The lowest BCUT2D eigenvalue weighted by Crippen LogP contribution is -2.47. The minimum Gasteiger partial charge on any atom is -0.486 e. The van der Waals surface area contributed by atoms with E-state index in [2.05, 4.69) is 18.7 Å². The maximum absolute atomic E-state index is 12.3. The van der Waals surface area contributed by atoms with Crippen molar-refractivity contribution < 1.29 is 28.5 Å². The molecule has 0 radical (unpaired) electrons. The summed E-state index contributed by atoms with van der Waals surface area (Å²) in [5.74, 6) is 0.703. The SMILES string of the molecule is CC(C)N1CCO[C@@H](COC(=O)CCC(=O)c2ccc3c(c2)OCCO3)C1. The van der Waals surface area contributed by atoms with E-state index in [1.54, 1.807) is 18.2 Å². The van der Waals surface area contributed by atoms with Gasteiger partial charge in [0.15, 0.2) is 17.3 Å². The third-order valence-corrected chi connectivity index (χ3v) is 4.75. The van der Waals surface area contributed by atoms with Crippen molar-refractivity contribution in [1.82, 2.24) is 4.90 Å². The number of rotatable bonds is 7. The van der Waals surface area contributed by atoms with E-state index in [0.29, 0.717) is 42.9 Å². The fourth-order valence-corrected chi connectivity index (χ4v) is 3.15. The summed E-state index contributed by atoms with van der Waals surface area (Å²) >= 11 is 0. The van der Waals surface area contributed by atoms with Crippen molar-refractivity contribution in [2.24, 2.45) is 0 Å². The Balaban J connectivity index is 1.42. The average molecular weight is 377 g/mol. The topological polar surface area (TPSA) is 74.3 Å². The smallest absolute Gasteiger partial charge is 0.306 e. The van der Waals surface area contributed by atoms with Gasteiger partial charge in [-0.05, 0) is 32.0 Å². The highest BCUT2D eigenvalue weighted by Gasteiger charge is 2.23. The lowest BCUT2D eigenvalue weighted by Gasteiger charge is -2.35. The van der Waals surface area contributed by atoms with Crippen LogP contribution >= 0.6 is 0 Å². The molecule has 2 aliphatic rings. The van der Waals surface area contributed by atoms with Gasteiger partial charge in [0, 0.05) is 31.1 Å². The Morgan fingerprint density at radius 3 is 2.70 bits per heavy atom. The van der Waals surface area contributed by atoms with Gasteiger partial charge in [0.1, 0.15) is 25.9 Å². The number of fused-ring (bicyclic) bond motifs is 1. The number of ether oxygens (including phenoxy) is 4. The zero-order valence-corrected chi connectivity index (χ0v) is 15.9. The van der Waals surface area contributed by atoms with Gasteiger partial charge in [0.25, 0.3) is 0 Å². The van der Waals surface area contributed by atoms with Gasteiger partial charge in [-0.25, -0.2) is 0 Å². The molecule has 0 saturated carbocycles. The van der Waals surface area contributed by atoms with Crippen LogP contribution in [0.15, 0.2) is 18.2 Å². The molecule has 1 fully saturated rings. The summed E-state index contributed by atoms with van der Waals surface area (Å²) in [7, 11) is 0. The van der Waals surface area contributed by atoms with Gasteiger partial charge in [0.2, 0.25) is 0 Å². The van der Waals surface area contributed by atoms with E-state index in [0.717, 1.165) is 13.1 Å². The van der Waals surface area contributed by atoms with Crippen LogP contribution in [0.5, 0.6) is 11.5 Å². The van der Waals surface area contributed by atoms with Crippen molar-refractivity contribution in [3.63, 3.8) is 0 Å². The van der Waals surface area contributed by atoms with E-state index in [9.17, 15) is 9.59 Å². The van der Waals surface area contributed by atoms with Crippen LogP contribution in [0.25, 0.3) is 0 Å². The Bertz CT molecular complexity index is 674. The number of esters is 1. The number of hydrogen-bond acceptors (Lipinski definition) is 7. The predicted molar refractivity (Wildman–Crippen MR) is 98.4 cm³/mol. The fourth-order valence-electron chi connectivity index (χ4n) is 3.15. The minimum absolute atomic E-state index is 0.0495. The molecule has 0 unspecified atom stereocenters. The van der Waals surface area contributed by atoms with Crippen molar-refractivity contribution >= 4 is 11.8 Å². The summed E-state index contributed by atoms with van der Waals surface area (Å²) in [4.78, 5) is 26.6. The van der Waals surface area contributed by atoms with Gasteiger partial charge in [-0.2, -0.15) is 0 Å². The molecule has 1 aromatic rings. The average Bonchev–Trinajstić information content (AvgIpc) is 2.70. The van der Waals surface area contributed by atoms with Gasteiger partial charge < -0.3 is 18.9 Å². The third-order valence-electron chi connectivity index (χ3n) is 4.75. The summed E-state index contributed by atoms with van der Waals surface area (Å²) in [6.45, 7) is 7.76. The summed E-state index contributed by atoms with van der Waals surface area (Å²) in [6, 6.07) is 5.52. The number of carbonyl (C=O) groups excluding carboxylic acids is 2. The second-order valence-electron chi connectivity index (χ2n) is 7.05. The van der Waals surface area contributed by atoms with E-state index in [4.69, 9.17) is 18.9 Å². The quantitative estimate of drug-likeness (QED) is 0.532. The summed E-state index contributed by atoms with van der Waals surface area (Å²) in [5, 5.41) is 0. The van der Waals surface area contributed by atoms with Gasteiger partial charge in [-0.3, -0.25) is 14.5 Å². The molecule has 27 heavy (non-hydrogen) atoms. The van der Waals surface area contributed by atoms with E-state index in [1.165, 1.54) is 0 Å². The molecule has 0 spiro atoms. The molecule has 7 nitrogen and oxygen atoms in total. The molecule has 0 amide bonds. The molecule has 1 atom stereocenters. The van der Waals surface area contributed by atoms with Gasteiger partial charge in [-0.15, -0.1) is 0 Å². The molecule has 7 heteroatoms. The number of nitrogens with zero attached hydrogens (tertiary/aromatic N) is 1. The van der Waals surface area contributed by atoms with E-state index < -0.39 is 0 Å². The third kappa shape index (κ3) is 5.43. The molecule has 148 valence electrons. The minimum atomic E-state index is -0.383. The zero-order valence-electron chi connectivity index (χ0n) is 15.9. The van der Waals surface area contributed by atoms with Crippen molar-refractivity contribution in [1.29, 1.82) is 0 Å². The zero-order chi connectivity index (χ0) is 19.2. The molecule has 0 bridgehead atoms. The number of benzene rings is 1. The monoisotopic (exact) mass is 377 g/mol. The summed E-state index contributed by atoms with van der Waals surface area (Å²) in [6.07, 6.45) is 0.0364. The maximum Gasteiger partial charge on any atom is 0.306 e. The maximum atomic E-state index is 12.3. The molecular weight excluding hydrogens is 350 g/mol. The largest absolute Gasteiger partial charge is 0.486 e. The molecule has 0 aliphatic carbocycles. The molecule has 1 saturated heterocycles. The van der Waals surface area contributed by atoms with Gasteiger partial charge in [-0.1, -0.05) is 0 Å². The highest BCUT2D eigenvalue weighted by Crippen LogP contribution is 2.31. The van der Waals surface area contributed by atoms with Crippen molar-refractivity contribution in [2.75, 3.05) is 39.5 Å². The van der Waals surface area contributed by atoms with Crippen LogP contribution in [0.1, 0.15) is 37.0 Å². The Kier molecular flexibility index (Phi) is 6.68. The number of ketones is 1. The molecule has 2 aliphatic heterocycles. The molecule has 3 rings (SSSR count). The molecular formula is C20H27NO6. The molecule has 0 N–H and O–H groups in total. The van der Waals surface area contributed by atoms with Crippen LogP contribution in [-0.2, 0) is 14.3 Å². The Morgan fingerprint density at radius 1 is 1.15 bits per heavy atom. The van der Waals surface area contributed by atoms with E-state index in [-0.39, 0.29) is 37.3 Å². The van der Waals surface area contributed by atoms with E-state index in [1.807, 2.05) is 0 Å². The molecule has 2 heterocycles. The number of morpholine rings is 1. The van der Waals surface area contributed by atoms with E-state index >= 15 is 0 Å². The first-order valence-corrected chi connectivity index (χ1v) is 9.47. The second kappa shape index (κ2) is 9.19. The normalized spacial score (nSPS) is 19.7. The number of hydrogen-bond donors (Lipinski definition) is 0. The standard InChI is InChI=1S/C20H27NO6/c1-14(2)21-7-8-24-16(12-21)13-27-20(23)6-4-17(22)15-3-5-18-19(11-15)26-10-9-25-18/h3,5,11,14,16H,4,6-10,12-13H2,1-2H3/t16-/m1/s1. The van der Waals surface area contributed by atoms with Gasteiger partial charge >= 0.3 is 5.97 Å². The highest BCUT2D eigenvalue weighted by atomic mass is 16.6. The lowest BCUT2D eigenvalue weighted by molar-refractivity contribution is -0.150. The Labute approximate surface area is 159 Å².